The summed E-state index contributed by atoms with van der Waals surface area (Å²) >= 11 is 1.40. The molecule has 0 atom stereocenters. The molecule has 3 aromatic rings. The Bertz CT molecular complexity index is 1050. The Kier molecular flexibility index (Phi) is 6.77. The Balaban J connectivity index is 1.73. The van der Waals surface area contributed by atoms with Gasteiger partial charge in [0, 0.05) is 23.1 Å². The zero-order valence-corrected chi connectivity index (χ0v) is 17.1. The van der Waals surface area contributed by atoms with Gasteiger partial charge in [0.15, 0.2) is 5.13 Å². The van der Waals surface area contributed by atoms with Crippen LogP contribution >= 0.6 is 11.3 Å². The molecule has 0 radical (unpaired) electrons. The first-order chi connectivity index (χ1) is 14.0. The zero-order chi connectivity index (χ0) is 20.6. The molecule has 1 N–H and O–H groups in total. The molecular formula is C23H21N3O2S. The molecule has 0 unspecified atom stereocenters. The van der Waals surface area contributed by atoms with Gasteiger partial charge in [-0.2, -0.15) is 5.26 Å². The third-order valence-corrected chi connectivity index (χ3v) is 4.85. The van der Waals surface area contributed by atoms with Crippen LogP contribution in [0, 0.1) is 11.3 Å². The minimum Gasteiger partial charge on any atom is -0.490 e. The Morgan fingerprint density at radius 2 is 1.93 bits per heavy atom. The van der Waals surface area contributed by atoms with Crippen molar-refractivity contribution in [2.45, 2.75) is 26.4 Å². The number of amides is 1. The summed E-state index contributed by atoms with van der Waals surface area (Å²) < 4.78 is 5.75. The van der Waals surface area contributed by atoms with E-state index in [1.807, 2.05) is 74.5 Å². The smallest absolute Gasteiger partial charge is 0.268 e. The third-order valence-electron chi connectivity index (χ3n) is 3.94. The molecule has 5 nitrogen and oxygen atoms in total. The minimum atomic E-state index is -0.493. The number of carbonyl (C=O) groups is 1. The molecule has 1 aromatic heterocycles. The van der Waals surface area contributed by atoms with Gasteiger partial charge in [0.1, 0.15) is 17.4 Å². The number of rotatable bonds is 7. The van der Waals surface area contributed by atoms with Gasteiger partial charge in [-0.25, -0.2) is 4.98 Å². The van der Waals surface area contributed by atoms with Gasteiger partial charge in [0.2, 0.25) is 0 Å². The molecule has 0 aliphatic heterocycles. The fourth-order valence-electron chi connectivity index (χ4n) is 2.67. The summed E-state index contributed by atoms with van der Waals surface area (Å²) in [6.45, 7) is 3.85. The van der Waals surface area contributed by atoms with Crippen LogP contribution in [-0.2, 0) is 11.2 Å². The van der Waals surface area contributed by atoms with Gasteiger partial charge in [0.25, 0.3) is 5.91 Å². The number of aromatic nitrogens is 1. The summed E-state index contributed by atoms with van der Waals surface area (Å²) in [6.07, 6.45) is 4.01. The number of anilines is 1. The molecule has 1 amide bonds. The Morgan fingerprint density at radius 3 is 2.66 bits per heavy atom. The van der Waals surface area contributed by atoms with E-state index in [9.17, 15) is 10.1 Å². The second kappa shape index (κ2) is 9.67. The van der Waals surface area contributed by atoms with Gasteiger partial charge in [-0.1, -0.05) is 48.5 Å². The number of hydrogen-bond donors (Lipinski definition) is 1. The van der Waals surface area contributed by atoms with Gasteiger partial charge < -0.3 is 4.74 Å². The summed E-state index contributed by atoms with van der Waals surface area (Å²) in [5.41, 5.74) is 1.84. The first-order valence-electron chi connectivity index (χ1n) is 9.22. The highest BCUT2D eigenvalue weighted by Gasteiger charge is 2.14. The highest BCUT2D eigenvalue weighted by atomic mass is 32.1. The first-order valence-corrected chi connectivity index (χ1v) is 10.0. The molecule has 0 fully saturated rings. The predicted octanol–water partition coefficient (Wildman–Crippen LogP) is 5.07. The van der Waals surface area contributed by atoms with Crippen LogP contribution in [0.5, 0.6) is 5.75 Å². The van der Waals surface area contributed by atoms with E-state index in [1.54, 1.807) is 6.20 Å². The maximum absolute atomic E-state index is 12.6. The average Bonchev–Trinajstić information content (AvgIpc) is 3.14. The number of nitrogens with one attached hydrogen (secondary N) is 1. The monoisotopic (exact) mass is 403 g/mol. The van der Waals surface area contributed by atoms with E-state index in [1.165, 1.54) is 23.0 Å². The second-order valence-corrected chi connectivity index (χ2v) is 7.74. The van der Waals surface area contributed by atoms with Crippen molar-refractivity contribution in [2.75, 3.05) is 5.32 Å². The number of para-hydroxylation sites is 1. The molecule has 0 bridgehead atoms. The van der Waals surface area contributed by atoms with Crippen molar-refractivity contribution in [3.05, 3.63) is 82.4 Å². The molecule has 29 heavy (non-hydrogen) atoms. The van der Waals surface area contributed by atoms with E-state index in [2.05, 4.69) is 10.3 Å². The Morgan fingerprint density at radius 1 is 1.21 bits per heavy atom. The minimum absolute atomic E-state index is 0.00962. The van der Waals surface area contributed by atoms with Gasteiger partial charge >= 0.3 is 0 Å². The van der Waals surface area contributed by atoms with Crippen LogP contribution in [0.1, 0.15) is 29.9 Å². The van der Waals surface area contributed by atoms with Gasteiger partial charge in [-0.15, -0.1) is 11.3 Å². The molecule has 1 heterocycles. The highest BCUT2D eigenvalue weighted by Crippen LogP contribution is 2.24. The number of nitriles is 1. The van der Waals surface area contributed by atoms with Crippen molar-refractivity contribution >= 4 is 28.5 Å². The van der Waals surface area contributed by atoms with E-state index in [0.717, 1.165) is 11.3 Å². The van der Waals surface area contributed by atoms with Crippen LogP contribution in [0.3, 0.4) is 0 Å². The normalized spacial score (nSPS) is 11.2. The maximum Gasteiger partial charge on any atom is 0.268 e. The van der Waals surface area contributed by atoms with E-state index in [4.69, 9.17) is 4.74 Å². The van der Waals surface area contributed by atoms with E-state index in [0.29, 0.717) is 16.4 Å². The molecule has 0 saturated carbocycles. The second-order valence-electron chi connectivity index (χ2n) is 6.62. The predicted molar refractivity (Wildman–Crippen MR) is 116 cm³/mol. The number of thiazole rings is 1. The molecule has 0 spiro atoms. The number of nitrogens with zero attached hydrogens (tertiary/aromatic N) is 2. The van der Waals surface area contributed by atoms with Gasteiger partial charge in [-0.05, 0) is 31.6 Å². The van der Waals surface area contributed by atoms with Crippen LogP contribution < -0.4 is 10.1 Å². The highest BCUT2D eigenvalue weighted by molar-refractivity contribution is 7.15. The number of carbonyl (C=O) groups excluding carboxylic acids is 1. The van der Waals surface area contributed by atoms with Crippen LogP contribution in [0.2, 0.25) is 0 Å². The van der Waals surface area contributed by atoms with Crippen molar-refractivity contribution in [2.24, 2.45) is 0 Å². The van der Waals surface area contributed by atoms with Crippen molar-refractivity contribution in [1.82, 2.24) is 4.98 Å². The lowest BCUT2D eigenvalue weighted by Gasteiger charge is -2.12. The van der Waals surface area contributed by atoms with E-state index in [-0.39, 0.29) is 11.7 Å². The van der Waals surface area contributed by atoms with Crippen molar-refractivity contribution in [3.8, 4) is 11.8 Å². The molecule has 2 aromatic carbocycles. The van der Waals surface area contributed by atoms with Gasteiger partial charge in [-0.3, -0.25) is 10.1 Å². The van der Waals surface area contributed by atoms with Gasteiger partial charge in [0.05, 0.1) is 6.10 Å². The van der Waals surface area contributed by atoms with E-state index < -0.39 is 5.91 Å². The third kappa shape index (κ3) is 5.77. The first kappa shape index (κ1) is 20.3. The topological polar surface area (TPSA) is 75.0 Å². The molecule has 3 rings (SSSR count). The lowest BCUT2D eigenvalue weighted by Crippen LogP contribution is -2.13. The van der Waals surface area contributed by atoms with Crippen molar-refractivity contribution in [3.63, 3.8) is 0 Å². The summed E-state index contributed by atoms with van der Waals surface area (Å²) in [5, 5.41) is 12.7. The number of ether oxygens (including phenoxy) is 1. The summed E-state index contributed by atoms with van der Waals surface area (Å²) in [4.78, 5) is 17.9. The summed E-state index contributed by atoms with van der Waals surface area (Å²) in [6, 6.07) is 19.3. The van der Waals surface area contributed by atoms with Crippen molar-refractivity contribution < 1.29 is 9.53 Å². The van der Waals surface area contributed by atoms with Crippen LogP contribution in [0.15, 0.2) is 66.4 Å². The molecule has 0 aliphatic rings. The largest absolute Gasteiger partial charge is 0.490 e. The SMILES string of the molecule is CC(C)Oc1ccccc1/C=C(/C#N)C(=O)Nc1ncc(Cc2ccccc2)s1. The van der Waals surface area contributed by atoms with Crippen molar-refractivity contribution in [1.29, 1.82) is 5.26 Å². The lowest BCUT2D eigenvalue weighted by atomic mass is 10.1. The van der Waals surface area contributed by atoms with Crippen LogP contribution in [0.25, 0.3) is 6.08 Å². The lowest BCUT2D eigenvalue weighted by molar-refractivity contribution is -0.112. The maximum atomic E-state index is 12.6. The molecule has 0 aliphatic carbocycles. The standard InChI is InChI=1S/C23H21N3O2S/c1-16(2)28-21-11-7-6-10-18(21)13-19(14-24)22(27)26-23-25-15-20(29-23)12-17-8-4-3-5-9-17/h3-11,13,15-16H,12H2,1-2H3,(H,25,26,27)/b19-13-. The average molecular weight is 404 g/mol. The quantitative estimate of drug-likeness (QED) is 0.442. The molecular weight excluding hydrogens is 382 g/mol. The molecule has 146 valence electrons. The van der Waals surface area contributed by atoms with Crippen LogP contribution in [-0.4, -0.2) is 17.0 Å². The van der Waals surface area contributed by atoms with E-state index >= 15 is 0 Å². The summed E-state index contributed by atoms with van der Waals surface area (Å²) in [7, 11) is 0. The van der Waals surface area contributed by atoms with Crippen LogP contribution in [0.4, 0.5) is 5.13 Å². The Hall–Kier alpha value is -3.43. The zero-order valence-electron chi connectivity index (χ0n) is 16.3. The Labute approximate surface area is 174 Å². The summed E-state index contributed by atoms with van der Waals surface area (Å²) in [5.74, 6) is 0.134. The molecule has 0 saturated heterocycles. The molecule has 6 heteroatoms. The fourth-order valence-corrected chi connectivity index (χ4v) is 3.52. The number of hydrogen-bond acceptors (Lipinski definition) is 5. The number of benzene rings is 2. The fraction of sp³-hybridized carbons (Fsp3) is 0.174.